The lowest BCUT2D eigenvalue weighted by atomic mass is 10.0. The zero-order valence-corrected chi connectivity index (χ0v) is 15.0. The van der Waals surface area contributed by atoms with Crippen molar-refractivity contribution in [3.63, 3.8) is 0 Å². The summed E-state index contributed by atoms with van der Waals surface area (Å²) < 4.78 is 39.8. The Morgan fingerprint density at radius 1 is 0.929 bits per heavy atom. The predicted octanol–water partition coefficient (Wildman–Crippen LogP) is 4.80. The zero-order chi connectivity index (χ0) is 19.7. The van der Waals surface area contributed by atoms with Crippen molar-refractivity contribution in [2.75, 3.05) is 5.32 Å². The summed E-state index contributed by atoms with van der Waals surface area (Å²) in [5.74, 6) is -1.20. The summed E-state index contributed by atoms with van der Waals surface area (Å²) in [6.07, 6.45) is -1.57. The Morgan fingerprint density at radius 2 is 1.57 bits per heavy atom. The summed E-state index contributed by atoms with van der Waals surface area (Å²) in [6, 6.07) is 17.6. The number of carbonyl (C=O) groups excluding carboxylic acids is 1. The van der Waals surface area contributed by atoms with Crippen LogP contribution in [0.5, 0.6) is 11.5 Å². The van der Waals surface area contributed by atoms with Crippen molar-refractivity contribution in [1.82, 2.24) is 0 Å². The number of carbonyl (C=O) groups is 1. The first-order valence-electron chi connectivity index (χ1n) is 8.80. The molecule has 1 heterocycles. The average Bonchev–Trinajstić information content (AvgIpc) is 2.69. The van der Waals surface area contributed by atoms with Gasteiger partial charge in [-0.2, -0.15) is 0 Å². The molecule has 0 aliphatic carbocycles. The van der Waals surface area contributed by atoms with E-state index in [1.54, 1.807) is 61.5 Å². The molecule has 0 fully saturated rings. The van der Waals surface area contributed by atoms with Gasteiger partial charge in [0, 0.05) is 11.6 Å². The van der Waals surface area contributed by atoms with Crippen LogP contribution in [0.4, 0.5) is 14.5 Å². The molecule has 2 unspecified atom stereocenters. The van der Waals surface area contributed by atoms with Crippen molar-refractivity contribution in [2.24, 2.45) is 0 Å². The molecule has 4 rings (SSSR count). The molecule has 0 saturated carbocycles. The third-order valence-electron chi connectivity index (χ3n) is 4.49. The lowest BCUT2D eigenvalue weighted by Crippen LogP contribution is -2.46. The summed E-state index contributed by atoms with van der Waals surface area (Å²) in [7, 11) is 0. The van der Waals surface area contributed by atoms with E-state index in [9.17, 15) is 13.6 Å². The third kappa shape index (κ3) is 3.41. The Hall–Kier alpha value is -3.41. The number of amides is 1. The highest BCUT2D eigenvalue weighted by Crippen LogP contribution is 2.35. The molecule has 6 heteroatoms. The van der Waals surface area contributed by atoms with Crippen molar-refractivity contribution in [3.8, 4) is 22.6 Å². The van der Waals surface area contributed by atoms with Gasteiger partial charge in [-0.05, 0) is 30.7 Å². The van der Waals surface area contributed by atoms with Crippen LogP contribution in [0.3, 0.4) is 0 Å². The monoisotopic (exact) mass is 381 g/mol. The molecule has 1 N–H and O–H groups in total. The molecule has 3 aromatic carbocycles. The maximum absolute atomic E-state index is 14.5. The van der Waals surface area contributed by atoms with Crippen molar-refractivity contribution in [2.45, 2.75) is 19.1 Å². The van der Waals surface area contributed by atoms with Crippen LogP contribution >= 0.6 is 0 Å². The summed E-state index contributed by atoms with van der Waals surface area (Å²) in [6.45, 7) is 1.69. The fourth-order valence-electron chi connectivity index (χ4n) is 3.15. The van der Waals surface area contributed by atoms with Gasteiger partial charge in [0.25, 0.3) is 5.91 Å². The Labute approximate surface area is 160 Å². The number of para-hydroxylation sites is 2. The van der Waals surface area contributed by atoms with Gasteiger partial charge < -0.3 is 14.8 Å². The predicted molar refractivity (Wildman–Crippen MR) is 101 cm³/mol. The number of hydrogen-bond acceptors (Lipinski definition) is 3. The van der Waals surface area contributed by atoms with Crippen LogP contribution in [0.25, 0.3) is 11.1 Å². The van der Waals surface area contributed by atoms with Gasteiger partial charge in [-0.3, -0.25) is 4.79 Å². The number of benzene rings is 3. The zero-order valence-electron chi connectivity index (χ0n) is 15.0. The number of nitrogens with one attached hydrogen (secondary N) is 1. The number of fused-ring (bicyclic) bond motifs is 1. The Bertz CT molecular complexity index is 1020. The standard InChI is InChI=1S/C22H17F2NO3/c1-13-21(28-19-10-6-5-9-18(19)27-13)22(26)25-20-16(11-15(23)12-17(20)24)14-7-3-2-4-8-14/h2-13,21H,1H3,(H,25,26). The number of halogens is 2. The molecule has 0 saturated heterocycles. The molecule has 2 atom stereocenters. The molecule has 4 nitrogen and oxygen atoms in total. The molecular formula is C22H17F2NO3. The van der Waals surface area contributed by atoms with Gasteiger partial charge >= 0.3 is 0 Å². The highest BCUT2D eigenvalue weighted by Gasteiger charge is 2.34. The largest absolute Gasteiger partial charge is 0.482 e. The van der Waals surface area contributed by atoms with E-state index in [4.69, 9.17) is 9.47 Å². The molecule has 0 radical (unpaired) electrons. The van der Waals surface area contributed by atoms with Crippen LogP contribution in [-0.2, 0) is 4.79 Å². The lowest BCUT2D eigenvalue weighted by Gasteiger charge is -2.31. The van der Waals surface area contributed by atoms with Crippen molar-refractivity contribution in [3.05, 3.63) is 78.4 Å². The molecule has 0 aromatic heterocycles. The van der Waals surface area contributed by atoms with Crippen LogP contribution in [0.15, 0.2) is 66.7 Å². The summed E-state index contributed by atoms with van der Waals surface area (Å²) >= 11 is 0. The normalized spacial score (nSPS) is 17.8. The number of anilines is 1. The van der Waals surface area contributed by atoms with E-state index >= 15 is 0 Å². The van der Waals surface area contributed by atoms with E-state index in [1.165, 1.54) is 6.07 Å². The summed E-state index contributed by atoms with van der Waals surface area (Å²) in [5, 5.41) is 2.55. The van der Waals surface area contributed by atoms with Gasteiger partial charge in [-0.1, -0.05) is 42.5 Å². The molecule has 1 aliphatic heterocycles. The minimum Gasteiger partial charge on any atom is -0.482 e. The summed E-state index contributed by atoms with van der Waals surface area (Å²) in [4.78, 5) is 12.8. The lowest BCUT2D eigenvalue weighted by molar-refractivity contribution is -0.128. The van der Waals surface area contributed by atoms with E-state index in [0.29, 0.717) is 17.1 Å². The highest BCUT2D eigenvalue weighted by atomic mass is 19.1. The smallest absolute Gasteiger partial charge is 0.269 e. The average molecular weight is 381 g/mol. The minimum absolute atomic E-state index is 0.104. The molecule has 0 spiro atoms. The van der Waals surface area contributed by atoms with Gasteiger partial charge in [0.1, 0.15) is 17.7 Å². The van der Waals surface area contributed by atoms with Crippen LogP contribution in [0.1, 0.15) is 6.92 Å². The topological polar surface area (TPSA) is 47.6 Å². The molecule has 1 aliphatic rings. The van der Waals surface area contributed by atoms with E-state index in [1.807, 2.05) is 0 Å². The maximum Gasteiger partial charge on any atom is 0.269 e. The fourth-order valence-corrected chi connectivity index (χ4v) is 3.15. The number of rotatable bonds is 3. The second kappa shape index (κ2) is 7.31. The van der Waals surface area contributed by atoms with E-state index in [0.717, 1.165) is 6.07 Å². The summed E-state index contributed by atoms with van der Waals surface area (Å²) in [5.41, 5.74) is 0.721. The SMILES string of the molecule is CC1Oc2ccccc2OC1C(=O)Nc1c(F)cc(F)cc1-c1ccccc1. The van der Waals surface area contributed by atoms with Crippen molar-refractivity contribution >= 4 is 11.6 Å². The molecule has 28 heavy (non-hydrogen) atoms. The molecule has 3 aromatic rings. The van der Waals surface area contributed by atoms with Gasteiger partial charge in [-0.25, -0.2) is 8.78 Å². The Balaban J connectivity index is 1.65. The van der Waals surface area contributed by atoms with Crippen molar-refractivity contribution in [1.29, 1.82) is 0 Å². The van der Waals surface area contributed by atoms with Gasteiger partial charge in [0.05, 0.1) is 5.69 Å². The van der Waals surface area contributed by atoms with Crippen LogP contribution in [0.2, 0.25) is 0 Å². The van der Waals surface area contributed by atoms with Gasteiger partial charge in [-0.15, -0.1) is 0 Å². The minimum atomic E-state index is -0.983. The van der Waals surface area contributed by atoms with E-state index in [2.05, 4.69) is 5.32 Å². The van der Waals surface area contributed by atoms with E-state index in [-0.39, 0.29) is 11.3 Å². The first-order valence-corrected chi connectivity index (χ1v) is 8.80. The Kier molecular flexibility index (Phi) is 4.69. The quantitative estimate of drug-likeness (QED) is 0.709. The van der Waals surface area contributed by atoms with Crippen LogP contribution in [-0.4, -0.2) is 18.1 Å². The van der Waals surface area contributed by atoms with Gasteiger partial charge in [0.2, 0.25) is 6.10 Å². The third-order valence-corrected chi connectivity index (χ3v) is 4.49. The first-order chi connectivity index (χ1) is 13.5. The first kappa shape index (κ1) is 18.0. The molecule has 1 amide bonds. The number of ether oxygens (including phenoxy) is 2. The van der Waals surface area contributed by atoms with Gasteiger partial charge in [0.15, 0.2) is 11.5 Å². The second-order valence-corrected chi connectivity index (χ2v) is 6.47. The fraction of sp³-hybridized carbons (Fsp3) is 0.136. The molecule has 0 bridgehead atoms. The number of hydrogen-bond donors (Lipinski definition) is 1. The molecular weight excluding hydrogens is 364 g/mol. The highest BCUT2D eigenvalue weighted by molar-refractivity contribution is 5.99. The van der Waals surface area contributed by atoms with Crippen molar-refractivity contribution < 1.29 is 23.0 Å². The van der Waals surface area contributed by atoms with Crippen LogP contribution in [0, 0.1) is 11.6 Å². The second-order valence-electron chi connectivity index (χ2n) is 6.47. The van der Waals surface area contributed by atoms with E-state index < -0.39 is 29.7 Å². The maximum atomic E-state index is 14.5. The Morgan fingerprint density at radius 3 is 2.29 bits per heavy atom. The molecule has 142 valence electrons. The van der Waals surface area contributed by atoms with Crippen LogP contribution < -0.4 is 14.8 Å².